The number of carbonyl (C=O) groups is 1. The topological polar surface area (TPSA) is 37.3 Å². The molecule has 0 unspecified atom stereocenters. The van der Waals surface area contributed by atoms with Crippen molar-refractivity contribution in [1.82, 2.24) is 0 Å². The van der Waals surface area contributed by atoms with Crippen molar-refractivity contribution >= 4 is 5.97 Å². The van der Waals surface area contributed by atoms with Gasteiger partial charge in [-0.2, -0.15) is 0 Å². The first-order valence-electron chi connectivity index (χ1n) is 6.75. The van der Waals surface area contributed by atoms with Gasteiger partial charge in [0.15, 0.2) is 0 Å². The highest BCUT2D eigenvalue weighted by molar-refractivity contribution is 5.80. The van der Waals surface area contributed by atoms with Gasteiger partial charge in [0.05, 0.1) is 0 Å². The molecule has 0 aromatic heterocycles. The Labute approximate surface area is 118 Å². The molecule has 0 aliphatic heterocycles. The number of rotatable bonds is 4. The fraction of sp³-hybridized carbons (Fsp3) is 0.167. The summed E-state index contributed by atoms with van der Waals surface area (Å²) in [6, 6.07) is 20.7. The van der Waals surface area contributed by atoms with Crippen LogP contribution in [0, 0.1) is 5.92 Å². The molecule has 2 aromatic carbocycles. The van der Waals surface area contributed by atoms with Gasteiger partial charge in [-0.15, -0.1) is 0 Å². The van der Waals surface area contributed by atoms with Crippen molar-refractivity contribution in [3.05, 3.63) is 83.9 Å². The summed E-state index contributed by atoms with van der Waals surface area (Å²) in [4.78, 5) is 10.7. The zero-order chi connectivity index (χ0) is 14.0. The van der Waals surface area contributed by atoms with Crippen molar-refractivity contribution in [3.8, 4) is 0 Å². The predicted molar refractivity (Wildman–Crippen MR) is 78.5 cm³/mol. The van der Waals surface area contributed by atoms with Crippen molar-refractivity contribution in [2.75, 3.05) is 0 Å². The predicted octanol–water partition coefficient (Wildman–Crippen LogP) is 3.63. The first-order chi connectivity index (χ1) is 9.73. The van der Waals surface area contributed by atoms with Gasteiger partial charge in [0, 0.05) is 11.5 Å². The molecule has 1 aliphatic rings. The summed E-state index contributed by atoms with van der Waals surface area (Å²) in [6.07, 6.45) is 4.05. The van der Waals surface area contributed by atoms with Crippen molar-refractivity contribution in [2.45, 2.75) is 11.8 Å². The summed E-state index contributed by atoms with van der Waals surface area (Å²) in [7, 11) is 0. The second-order valence-corrected chi connectivity index (χ2v) is 5.21. The molecule has 100 valence electrons. The lowest BCUT2D eigenvalue weighted by Crippen LogP contribution is -2.11. The van der Waals surface area contributed by atoms with Crippen LogP contribution >= 0.6 is 0 Å². The van der Waals surface area contributed by atoms with Crippen LogP contribution in [-0.4, -0.2) is 11.1 Å². The van der Waals surface area contributed by atoms with Gasteiger partial charge in [0.1, 0.15) is 0 Å². The molecule has 0 spiro atoms. The molecule has 0 heterocycles. The number of hydrogen-bond donors (Lipinski definition) is 1. The summed E-state index contributed by atoms with van der Waals surface area (Å²) in [5.41, 5.74) is 2.45. The SMILES string of the molecule is O=C(O)C=C[C@@H]1CC1(c1ccccc1)c1ccccc1. The highest BCUT2D eigenvalue weighted by Gasteiger charge is 2.54. The molecule has 1 N–H and O–H groups in total. The van der Waals surface area contributed by atoms with E-state index >= 15 is 0 Å². The summed E-state index contributed by atoms with van der Waals surface area (Å²) in [5.74, 6) is -0.629. The monoisotopic (exact) mass is 264 g/mol. The van der Waals surface area contributed by atoms with Gasteiger partial charge in [0.25, 0.3) is 0 Å². The Kier molecular flexibility index (Phi) is 3.15. The maximum atomic E-state index is 10.7. The Morgan fingerprint density at radius 3 is 1.95 bits per heavy atom. The van der Waals surface area contributed by atoms with E-state index in [0.29, 0.717) is 0 Å². The van der Waals surface area contributed by atoms with Crippen LogP contribution in [0.1, 0.15) is 17.5 Å². The van der Waals surface area contributed by atoms with E-state index < -0.39 is 5.97 Å². The summed E-state index contributed by atoms with van der Waals surface area (Å²) >= 11 is 0. The molecular formula is C18H16O2. The lowest BCUT2D eigenvalue weighted by molar-refractivity contribution is -0.131. The van der Waals surface area contributed by atoms with Crippen LogP contribution in [0.15, 0.2) is 72.8 Å². The third-order valence-corrected chi connectivity index (χ3v) is 4.06. The third kappa shape index (κ3) is 2.14. The van der Waals surface area contributed by atoms with Gasteiger partial charge in [-0.05, 0) is 23.5 Å². The summed E-state index contributed by atoms with van der Waals surface area (Å²) in [5, 5.41) is 8.81. The summed E-state index contributed by atoms with van der Waals surface area (Å²) < 4.78 is 0. The van der Waals surface area contributed by atoms with Crippen molar-refractivity contribution in [1.29, 1.82) is 0 Å². The normalized spacial score (nSPS) is 19.9. The Morgan fingerprint density at radius 1 is 1.00 bits per heavy atom. The molecule has 1 saturated carbocycles. The highest BCUT2D eigenvalue weighted by atomic mass is 16.4. The second-order valence-electron chi connectivity index (χ2n) is 5.21. The van der Waals surface area contributed by atoms with Crippen LogP contribution in [-0.2, 0) is 10.2 Å². The Balaban J connectivity index is 2.01. The Morgan fingerprint density at radius 2 is 1.50 bits per heavy atom. The van der Waals surface area contributed by atoms with Gasteiger partial charge in [0.2, 0.25) is 0 Å². The Hall–Kier alpha value is -2.35. The van der Waals surface area contributed by atoms with Crippen molar-refractivity contribution in [3.63, 3.8) is 0 Å². The van der Waals surface area contributed by atoms with E-state index in [4.69, 9.17) is 5.11 Å². The lowest BCUT2D eigenvalue weighted by atomic mass is 9.85. The molecule has 1 fully saturated rings. The van der Waals surface area contributed by atoms with Crippen LogP contribution in [0.2, 0.25) is 0 Å². The minimum Gasteiger partial charge on any atom is -0.478 e. The van der Waals surface area contributed by atoms with Crippen LogP contribution in [0.25, 0.3) is 0 Å². The molecule has 1 aliphatic carbocycles. The van der Waals surface area contributed by atoms with Gasteiger partial charge < -0.3 is 5.11 Å². The average Bonchev–Trinajstić information content (AvgIpc) is 3.23. The van der Waals surface area contributed by atoms with E-state index in [0.717, 1.165) is 6.42 Å². The zero-order valence-corrected chi connectivity index (χ0v) is 11.1. The smallest absolute Gasteiger partial charge is 0.327 e. The average molecular weight is 264 g/mol. The number of hydrogen-bond acceptors (Lipinski definition) is 1. The molecule has 1 atom stereocenters. The number of benzene rings is 2. The maximum absolute atomic E-state index is 10.7. The van der Waals surface area contributed by atoms with Crippen LogP contribution in [0.3, 0.4) is 0 Å². The first kappa shape index (κ1) is 12.7. The van der Waals surface area contributed by atoms with E-state index in [1.807, 2.05) is 42.5 Å². The quantitative estimate of drug-likeness (QED) is 0.856. The number of carboxylic acids is 1. The highest BCUT2D eigenvalue weighted by Crippen LogP contribution is 2.59. The molecule has 3 rings (SSSR count). The molecule has 0 radical (unpaired) electrons. The molecule has 2 nitrogen and oxygen atoms in total. The van der Waals surface area contributed by atoms with Crippen molar-refractivity contribution < 1.29 is 9.90 Å². The van der Waals surface area contributed by atoms with Gasteiger partial charge in [-0.25, -0.2) is 4.79 Å². The molecule has 2 heteroatoms. The van der Waals surface area contributed by atoms with Gasteiger partial charge in [-0.1, -0.05) is 66.7 Å². The number of allylic oxidation sites excluding steroid dienone is 1. The standard InChI is InChI=1S/C18H16O2/c19-17(20)12-11-16-13-18(16,14-7-3-1-4-8-14)15-9-5-2-6-10-15/h1-12,16H,13H2,(H,19,20)/t16-/m1/s1. The minimum atomic E-state index is -0.882. The number of aliphatic carboxylic acids is 1. The molecule has 20 heavy (non-hydrogen) atoms. The summed E-state index contributed by atoms with van der Waals surface area (Å²) in [6.45, 7) is 0. The minimum absolute atomic E-state index is 0.0610. The molecule has 2 aromatic rings. The van der Waals surface area contributed by atoms with E-state index in [1.165, 1.54) is 17.2 Å². The van der Waals surface area contributed by atoms with E-state index in [-0.39, 0.29) is 11.3 Å². The van der Waals surface area contributed by atoms with E-state index in [1.54, 1.807) is 0 Å². The van der Waals surface area contributed by atoms with Crippen LogP contribution in [0.5, 0.6) is 0 Å². The third-order valence-electron chi connectivity index (χ3n) is 4.06. The lowest BCUT2D eigenvalue weighted by Gasteiger charge is -2.18. The van der Waals surface area contributed by atoms with E-state index in [2.05, 4.69) is 24.3 Å². The number of carboxylic acid groups (broad SMARTS) is 1. The van der Waals surface area contributed by atoms with Gasteiger partial charge in [-0.3, -0.25) is 0 Å². The Bertz CT molecular complexity index is 589. The fourth-order valence-corrected chi connectivity index (χ4v) is 3.02. The molecule has 0 amide bonds. The fourth-order valence-electron chi connectivity index (χ4n) is 3.02. The van der Waals surface area contributed by atoms with Crippen LogP contribution < -0.4 is 0 Å². The maximum Gasteiger partial charge on any atom is 0.327 e. The molecule has 0 bridgehead atoms. The second kappa shape index (κ2) is 4.97. The van der Waals surface area contributed by atoms with E-state index in [9.17, 15) is 4.79 Å². The van der Waals surface area contributed by atoms with Crippen molar-refractivity contribution in [2.24, 2.45) is 5.92 Å². The van der Waals surface area contributed by atoms with Gasteiger partial charge >= 0.3 is 5.97 Å². The zero-order valence-electron chi connectivity index (χ0n) is 11.1. The molecular weight excluding hydrogens is 248 g/mol. The molecule has 0 saturated heterocycles. The first-order valence-corrected chi connectivity index (χ1v) is 6.75. The largest absolute Gasteiger partial charge is 0.478 e. The van der Waals surface area contributed by atoms with Crippen LogP contribution in [0.4, 0.5) is 0 Å².